The highest BCUT2D eigenvalue weighted by Gasteiger charge is 2.29. The normalized spacial score (nSPS) is 17.7. The third-order valence-corrected chi connectivity index (χ3v) is 6.05. The minimum atomic E-state index is -0.240. The number of amides is 1. The van der Waals surface area contributed by atoms with Crippen molar-refractivity contribution in [1.29, 1.82) is 0 Å². The van der Waals surface area contributed by atoms with Crippen LogP contribution < -0.4 is 0 Å². The van der Waals surface area contributed by atoms with Crippen LogP contribution in [0.15, 0.2) is 60.9 Å². The summed E-state index contributed by atoms with van der Waals surface area (Å²) in [5.41, 5.74) is 3.12. The van der Waals surface area contributed by atoms with Crippen molar-refractivity contribution < 1.29 is 9.18 Å². The molecule has 162 valence electrons. The van der Waals surface area contributed by atoms with Gasteiger partial charge in [-0.3, -0.25) is 9.69 Å². The number of hydrogen-bond acceptors (Lipinski definition) is 3. The second-order valence-electron chi connectivity index (χ2n) is 8.23. The summed E-state index contributed by atoms with van der Waals surface area (Å²) in [6.45, 7) is 6.01. The lowest BCUT2D eigenvalue weighted by Crippen LogP contribution is -2.34. The van der Waals surface area contributed by atoms with Crippen molar-refractivity contribution >= 4 is 5.91 Å². The van der Waals surface area contributed by atoms with Crippen molar-refractivity contribution in [3.05, 3.63) is 78.1 Å². The number of likely N-dealkylation sites (N-methyl/N-ethyl adjacent to an activating group) is 1. The summed E-state index contributed by atoms with van der Waals surface area (Å²) in [6.07, 6.45) is 4.52. The summed E-state index contributed by atoms with van der Waals surface area (Å²) in [4.78, 5) is 21.7. The zero-order valence-corrected chi connectivity index (χ0v) is 18.2. The first kappa shape index (κ1) is 21.2. The number of nitrogens with zero attached hydrogens (tertiary/aromatic N) is 4. The van der Waals surface area contributed by atoms with Crippen LogP contribution in [-0.2, 0) is 24.3 Å². The van der Waals surface area contributed by atoms with Crippen LogP contribution in [0.2, 0.25) is 0 Å². The molecule has 1 amide bonds. The van der Waals surface area contributed by atoms with Crippen LogP contribution in [0.1, 0.15) is 18.3 Å². The number of benzene rings is 2. The average Bonchev–Trinajstić information content (AvgIpc) is 3.19. The maximum absolute atomic E-state index is 13.3. The van der Waals surface area contributed by atoms with Gasteiger partial charge in [-0.05, 0) is 42.2 Å². The van der Waals surface area contributed by atoms with Crippen LogP contribution >= 0.6 is 0 Å². The second kappa shape index (κ2) is 9.43. The number of imidazole rings is 1. The fourth-order valence-electron chi connectivity index (χ4n) is 4.27. The van der Waals surface area contributed by atoms with E-state index in [0.29, 0.717) is 13.0 Å². The Morgan fingerprint density at radius 2 is 1.90 bits per heavy atom. The molecule has 0 spiro atoms. The molecular weight excluding hydrogens is 391 g/mol. The largest absolute Gasteiger partial charge is 0.344 e. The molecule has 2 heterocycles. The lowest BCUT2D eigenvalue weighted by atomic mass is 9.95. The Morgan fingerprint density at radius 1 is 1.10 bits per heavy atom. The van der Waals surface area contributed by atoms with E-state index in [4.69, 9.17) is 0 Å². The third kappa shape index (κ3) is 5.02. The molecule has 1 aliphatic heterocycles. The average molecular weight is 421 g/mol. The van der Waals surface area contributed by atoms with Gasteiger partial charge in [0.1, 0.15) is 11.6 Å². The van der Waals surface area contributed by atoms with Gasteiger partial charge < -0.3 is 9.47 Å². The summed E-state index contributed by atoms with van der Waals surface area (Å²) >= 11 is 0. The zero-order valence-electron chi connectivity index (χ0n) is 18.2. The molecule has 0 bridgehead atoms. The van der Waals surface area contributed by atoms with E-state index in [0.717, 1.165) is 48.7 Å². The van der Waals surface area contributed by atoms with E-state index in [-0.39, 0.29) is 17.6 Å². The number of halogens is 1. The molecule has 1 unspecified atom stereocenters. The zero-order chi connectivity index (χ0) is 21.8. The molecule has 2 aromatic carbocycles. The molecule has 0 aliphatic carbocycles. The number of rotatable bonds is 6. The van der Waals surface area contributed by atoms with Crippen LogP contribution in [0.25, 0.3) is 11.1 Å². The Labute approximate surface area is 183 Å². The molecule has 0 N–H and O–H groups in total. The van der Waals surface area contributed by atoms with Crippen LogP contribution in [0.4, 0.5) is 4.39 Å². The monoisotopic (exact) mass is 420 g/mol. The van der Waals surface area contributed by atoms with Gasteiger partial charge in [-0.1, -0.05) is 36.4 Å². The van der Waals surface area contributed by atoms with Crippen molar-refractivity contribution in [2.24, 2.45) is 5.92 Å². The molecule has 1 atom stereocenters. The van der Waals surface area contributed by atoms with Crippen molar-refractivity contribution in [1.82, 2.24) is 19.4 Å². The maximum Gasteiger partial charge on any atom is 0.227 e. The third-order valence-electron chi connectivity index (χ3n) is 6.05. The highest BCUT2D eigenvalue weighted by molar-refractivity contribution is 5.79. The SMILES string of the molecule is CCn1ccnc1CN1CCN(C)C(=O)C(Cc2cccc(-c3ccc(F)cc3)c2)C1. The lowest BCUT2D eigenvalue weighted by Gasteiger charge is -2.23. The van der Waals surface area contributed by atoms with Gasteiger partial charge in [-0.25, -0.2) is 9.37 Å². The molecule has 1 aliphatic rings. The van der Waals surface area contributed by atoms with E-state index in [1.807, 2.05) is 36.5 Å². The highest BCUT2D eigenvalue weighted by atomic mass is 19.1. The molecule has 3 aromatic rings. The second-order valence-corrected chi connectivity index (χ2v) is 8.23. The van der Waals surface area contributed by atoms with Crippen molar-refractivity contribution in [3.63, 3.8) is 0 Å². The van der Waals surface area contributed by atoms with Gasteiger partial charge >= 0.3 is 0 Å². The van der Waals surface area contributed by atoms with Crippen LogP contribution in [0.3, 0.4) is 0 Å². The van der Waals surface area contributed by atoms with Gasteiger partial charge in [0.2, 0.25) is 5.91 Å². The van der Waals surface area contributed by atoms with E-state index in [1.54, 1.807) is 12.1 Å². The summed E-state index contributed by atoms with van der Waals surface area (Å²) in [5.74, 6) is 0.877. The van der Waals surface area contributed by atoms with E-state index in [1.165, 1.54) is 12.1 Å². The van der Waals surface area contributed by atoms with Crippen molar-refractivity contribution in [3.8, 4) is 11.1 Å². The number of aromatic nitrogens is 2. The predicted molar refractivity (Wildman–Crippen MR) is 120 cm³/mol. The fraction of sp³-hybridized carbons (Fsp3) is 0.360. The maximum atomic E-state index is 13.3. The van der Waals surface area contributed by atoms with E-state index < -0.39 is 0 Å². The van der Waals surface area contributed by atoms with Crippen LogP contribution in [0, 0.1) is 11.7 Å². The quantitative estimate of drug-likeness (QED) is 0.608. The molecule has 0 radical (unpaired) electrons. The van der Waals surface area contributed by atoms with E-state index in [2.05, 4.69) is 33.5 Å². The Hall–Kier alpha value is -2.99. The molecule has 1 saturated heterocycles. The summed E-state index contributed by atoms with van der Waals surface area (Å²) in [6, 6.07) is 14.7. The van der Waals surface area contributed by atoms with Crippen LogP contribution in [0.5, 0.6) is 0 Å². The summed E-state index contributed by atoms with van der Waals surface area (Å²) in [7, 11) is 1.89. The van der Waals surface area contributed by atoms with Gasteiger partial charge in [0.15, 0.2) is 0 Å². The Balaban J connectivity index is 1.52. The molecule has 6 heteroatoms. The lowest BCUT2D eigenvalue weighted by molar-refractivity contribution is -0.133. The van der Waals surface area contributed by atoms with Crippen LogP contribution in [-0.4, -0.2) is 51.9 Å². The topological polar surface area (TPSA) is 41.4 Å². The number of carbonyl (C=O) groups is 1. The molecular formula is C25H29FN4O. The Kier molecular flexibility index (Phi) is 6.47. The van der Waals surface area contributed by atoms with Gasteiger partial charge in [-0.2, -0.15) is 0 Å². The minimum Gasteiger partial charge on any atom is -0.344 e. The number of aryl methyl sites for hydroxylation is 1. The Bertz CT molecular complexity index is 1030. The molecule has 4 rings (SSSR count). The minimum absolute atomic E-state index is 0.110. The standard InChI is InChI=1S/C25H29FN4O/c1-3-30-12-11-27-24(30)18-29-14-13-28(2)25(31)22(17-29)16-19-5-4-6-21(15-19)20-7-9-23(26)10-8-20/h4-12,15,22H,3,13-14,16-18H2,1-2H3. The predicted octanol–water partition coefficient (Wildman–Crippen LogP) is 3.84. The molecule has 31 heavy (non-hydrogen) atoms. The highest BCUT2D eigenvalue weighted by Crippen LogP contribution is 2.24. The smallest absolute Gasteiger partial charge is 0.227 e. The molecule has 1 fully saturated rings. The first-order valence-corrected chi connectivity index (χ1v) is 10.9. The van der Waals surface area contributed by atoms with Gasteiger partial charge in [0.25, 0.3) is 0 Å². The number of hydrogen-bond donors (Lipinski definition) is 0. The van der Waals surface area contributed by atoms with Gasteiger partial charge in [0.05, 0.1) is 12.5 Å². The molecule has 1 aromatic heterocycles. The first-order valence-electron chi connectivity index (χ1n) is 10.9. The fourth-order valence-corrected chi connectivity index (χ4v) is 4.27. The molecule has 0 saturated carbocycles. The van der Waals surface area contributed by atoms with Crippen molar-refractivity contribution in [2.75, 3.05) is 26.7 Å². The van der Waals surface area contributed by atoms with Gasteiger partial charge in [0, 0.05) is 45.6 Å². The summed E-state index contributed by atoms with van der Waals surface area (Å²) in [5, 5.41) is 0. The first-order chi connectivity index (χ1) is 15.0. The summed E-state index contributed by atoms with van der Waals surface area (Å²) < 4.78 is 15.4. The molecule has 5 nitrogen and oxygen atoms in total. The Morgan fingerprint density at radius 3 is 2.68 bits per heavy atom. The van der Waals surface area contributed by atoms with Gasteiger partial charge in [-0.15, -0.1) is 0 Å². The van der Waals surface area contributed by atoms with E-state index >= 15 is 0 Å². The van der Waals surface area contributed by atoms with E-state index in [9.17, 15) is 9.18 Å². The number of carbonyl (C=O) groups excluding carboxylic acids is 1. The van der Waals surface area contributed by atoms with Crippen molar-refractivity contribution in [2.45, 2.75) is 26.4 Å².